The first-order valence-electron chi connectivity index (χ1n) is 11.6. The van der Waals surface area contributed by atoms with Crippen molar-refractivity contribution < 1.29 is 38.8 Å². The Labute approximate surface area is 209 Å². The molecule has 0 saturated carbocycles. The fourth-order valence-electron chi connectivity index (χ4n) is 5.13. The first-order chi connectivity index (χ1) is 17.5. The fourth-order valence-corrected chi connectivity index (χ4v) is 5.13. The number of ether oxygens (including phenoxy) is 3. The molecule has 12 nitrogen and oxygen atoms in total. The van der Waals surface area contributed by atoms with Gasteiger partial charge in [-0.25, -0.2) is 4.98 Å². The number of likely N-dealkylation sites (tertiary alicyclic amines) is 1. The number of amides is 1. The van der Waals surface area contributed by atoms with E-state index in [2.05, 4.69) is 16.0 Å². The van der Waals surface area contributed by atoms with Crippen LogP contribution in [0.1, 0.15) is 24.8 Å². The molecule has 2 atom stereocenters. The van der Waals surface area contributed by atoms with Crippen molar-refractivity contribution in [3.8, 4) is 11.5 Å². The number of carboxylic acid groups (broad SMARTS) is 2. The van der Waals surface area contributed by atoms with E-state index in [0.29, 0.717) is 32.7 Å². The van der Waals surface area contributed by atoms with E-state index in [4.69, 9.17) is 34.0 Å². The maximum atomic E-state index is 12.5. The number of imidazole rings is 1. The lowest BCUT2D eigenvalue weighted by Gasteiger charge is -2.32. The average Bonchev–Trinajstić information content (AvgIpc) is 3.64. The molecule has 2 N–H and O–H groups in total. The molecular formula is C24H32N4O8. The molecule has 0 unspecified atom stereocenters. The van der Waals surface area contributed by atoms with Crippen molar-refractivity contribution in [2.24, 2.45) is 0 Å². The summed E-state index contributed by atoms with van der Waals surface area (Å²) in [6.07, 6.45) is 7.83. The first kappa shape index (κ1) is 27.0. The van der Waals surface area contributed by atoms with Crippen LogP contribution in [0, 0.1) is 0 Å². The van der Waals surface area contributed by atoms with Crippen molar-refractivity contribution in [1.29, 1.82) is 0 Å². The Morgan fingerprint density at radius 3 is 2.72 bits per heavy atom. The molecule has 36 heavy (non-hydrogen) atoms. The van der Waals surface area contributed by atoms with E-state index >= 15 is 0 Å². The molecule has 3 fully saturated rings. The number of carbonyl (C=O) groups excluding carboxylic acids is 1. The minimum atomic E-state index is -0.415. The van der Waals surface area contributed by atoms with Crippen LogP contribution >= 0.6 is 0 Å². The van der Waals surface area contributed by atoms with Crippen molar-refractivity contribution in [3.05, 3.63) is 42.5 Å². The van der Waals surface area contributed by atoms with Gasteiger partial charge in [0, 0.05) is 57.0 Å². The summed E-state index contributed by atoms with van der Waals surface area (Å²) in [7, 11) is 1.67. The zero-order valence-electron chi connectivity index (χ0n) is 20.2. The van der Waals surface area contributed by atoms with E-state index < -0.39 is 5.72 Å². The molecule has 1 amide bonds. The van der Waals surface area contributed by atoms with E-state index in [1.54, 1.807) is 13.3 Å². The van der Waals surface area contributed by atoms with Gasteiger partial charge in [-0.15, -0.1) is 0 Å². The summed E-state index contributed by atoms with van der Waals surface area (Å²) < 4.78 is 19.9. The molecule has 1 aromatic heterocycles. The lowest BCUT2D eigenvalue weighted by Crippen LogP contribution is -2.47. The summed E-state index contributed by atoms with van der Waals surface area (Å²) in [5.41, 5.74) is 0.667. The van der Waals surface area contributed by atoms with Crippen LogP contribution in [0.15, 0.2) is 36.9 Å². The summed E-state index contributed by atoms with van der Waals surface area (Å²) in [5.74, 6) is 1.74. The van der Waals surface area contributed by atoms with Crippen molar-refractivity contribution in [1.82, 2.24) is 19.4 Å². The van der Waals surface area contributed by atoms with Gasteiger partial charge in [0.15, 0.2) is 17.2 Å². The quantitative estimate of drug-likeness (QED) is 0.399. The predicted molar refractivity (Wildman–Crippen MR) is 127 cm³/mol. The van der Waals surface area contributed by atoms with Gasteiger partial charge in [-0.05, 0) is 12.5 Å². The minimum absolute atomic E-state index is 0.104. The fraction of sp³-hybridized carbons (Fsp3) is 0.500. The standard InChI is InChI=1S/C22H28N4O4.2CH2O2/c1-28-18-5-2-4-17(21(18)29-12-3-8-24-10-7-23-16-24)15-25-9-6-22-19(25)14-20(27)26(22)11-13-30-22;2*2-1-3/h2,4-5,7,10,16,19H,3,6,8-9,11-15H2,1H3;2*1H,(H,2,3)/t19-,22+;;/m1../s1. The molecule has 12 heteroatoms. The van der Waals surface area contributed by atoms with Gasteiger partial charge in [-0.3, -0.25) is 19.3 Å². The van der Waals surface area contributed by atoms with Crippen LogP contribution in [0.2, 0.25) is 0 Å². The lowest BCUT2D eigenvalue weighted by molar-refractivity contribution is -0.136. The molecule has 4 heterocycles. The van der Waals surface area contributed by atoms with E-state index in [0.717, 1.165) is 43.0 Å². The van der Waals surface area contributed by atoms with E-state index in [1.165, 1.54) is 0 Å². The summed E-state index contributed by atoms with van der Waals surface area (Å²) >= 11 is 0. The highest BCUT2D eigenvalue weighted by atomic mass is 16.5. The van der Waals surface area contributed by atoms with Gasteiger partial charge in [0.25, 0.3) is 12.9 Å². The number of rotatable bonds is 8. The molecule has 2 aromatic rings. The van der Waals surface area contributed by atoms with Crippen LogP contribution in [0.25, 0.3) is 0 Å². The van der Waals surface area contributed by atoms with Gasteiger partial charge in [0.2, 0.25) is 5.91 Å². The second-order valence-electron chi connectivity index (χ2n) is 8.34. The zero-order valence-corrected chi connectivity index (χ0v) is 20.2. The Morgan fingerprint density at radius 1 is 1.25 bits per heavy atom. The number of hydrogen-bond donors (Lipinski definition) is 2. The lowest BCUT2D eigenvalue weighted by atomic mass is 10.1. The summed E-state index contributed by atoms with van der Waals surface area (Å²) in [5, 5.41) is 13.8. The van der Waals surface area contributed by atoms with Gasteiger partial charge >= 0.3 is 0 Å². The number of carbonyl (C=O) groups is 3. The zero-order chi connectivity index (χ0) is 26.0. The van der Waals surface area contributed by atoms with Gasteiger partial charge in [-0.2, -0.15) is 0 Å². The molecule has 0 radical (unpaired) electrons. The Hall–Kier alpha value is -3.64. The summed E-state index contributed by atoms with van der Waals surface area (Å²) in [6.45, 7) is 3.93. The SMILES string of the molecule is COc1cccc(CN2CC[C@@]34OCCN3C(=O)C[C@@H]24)c1OCCCn1ccnc1.O=CO.O=CO. The number of aryl methyl sites for hydroxylation is 1. The summed E-state index contributed by atoms with van der Waals surface area (Å²) in [6, 6.07) is 6.12. The van der Waals surface area contributed by atoms with Crippen molar-refractivity contribution in [3.63, 3.8) is 0 Å². The number of nitrogens with zero attached hydrogens (tertiary/aromatic N) is 4. The molecule has 3 aliphatic rings. The smallest absolute Gasteiger partial charge is 0.290 e. The van der Waals surface area contributed by atoms with E-state index in [-0.39, 0.29) is 24.9 Å². The Bertz CT molecular complexity index is 996. The number of hydrogen-bond acceptors (Lipinski definition) is 8. The highest BCUT2D eigenvalue weighted by molar-refractivity contribution is 5.81. The monoisotopic (exact) mass is 504 g/mol. The average molecular weight is 505 g/mol. The highest BCUT2D eigenvalue weighted by Crippen LogP contribution is 2.46. The number of methoxy groups -OCH3 is 1. The molecule has 1 aromatic carbocycles. The second kappa shape index (κ2) is 12.9. The Kier molecular flexibility index (Phi) is 9.65. The third-order valence-corrected chi connectivity index (χ3v) is 6.53. The highest BCUT2D eigenvalue weighted by Gasteiger charge is 2.61. The van der Waals surface area contributed by atoms with Gasteiger partial charge in [0.05, 0.1) is 32.7 Å². The second-order valence-corrected chi connectivity index (χ2v) is 8.34. The topological polar surface area (TPSA) is 144 Å². The third-order valence-electron chi connectivity index (χ3n) is 6.53. The van der Waals surface area contributed by atoms with Crippen LogP contribution in [0.5, 0.6) is 11.5 Å². The van der Waals surface area contributed by atoms with Crippen LogP contribution in [0.4, 0.5) is 0 Å². The maximum Gasteiger partial charge on any atom is 0.290 e. The minimum Gasteiger partial charge on any atom is -0.493 e. The van der Waals surface area contributed by atoms with E-state index in [9.17, 15) is 4.79 Å². The number of aromatic nitrogens is 2. The number of para-hydroxylation sites is 1. The van der Waals surface area contributed by atoms with Crippen LogP contribution < -0.4 is 9.47 Å². The molecule has 1 spiro atoms. The number of benzene rings is 1. The molecule has 5 rings (SSSR count). The van der Waals surface area contributed by atoms with Crippen LogP contribution in [-0.2, 0) is 32.2 Å². The summed E-state index contributed by atoms with van der Waals surface area (Å²) in [4.78, 5) is 37.6. The molecule has 196 valence electrons. The van der Waals surface area contributed by atoms with Gasteiger partial charge in [-0.1, -0.05) is 12.1 Å². The maximum absolute atomic E-state index is 12.5. The van der Waals surface area contributed by atoms with Crippen LogP contribution in [0.3, 0.4) is 0 Å². The normalized spacial score (nSPS) is 22.0. The molecule has 0 bridgehead atoms. The van der Waals surface area contributed by atoms with E-state index in [1.807, 2.05) is 34.1 Å². The molecule has 3 aliphatic heterocycles. The largest absolute Gasteiger partial charge is 0.493 e. The van der Waals surface area contributed by atoms with Crippen LogP contribution in [-0.4, -0.2) is 93.6 Å². The Morgan fingerprint density at radius 2 is 2.03 bits per heavy atom. The predicted octanol–water partition coefficient (Wildman–Crippen LogP) is 1.30. The third kappa shape index (κ3) is 5.77. The van der Waals surface area contributed by atoms with Gasteiger partial charge < -0.3 is 33.9 Å². The molecule has 3 saturated heterocycles. The van der Waals surface area contributed by atoms with Crippen molar-refractivity contribution in [2.75, 3.05) is 33.4 Å². The van der Waals surface area contributed by atoms with Gasteiger partial charge in [0.1, 0.15) is 0 Å². The first-order valence-corrected chi connectivity index (χ1v) is 11.6. The Balaban J connectivity index is 0.000000550. The molecule has 0 aliphatic carbocycles. The molecular weight excluding hydrogens is 472 g/mol. The van der Waals surface area contributed by atoms with Crippen molar-refractivity contribution in [2.45, 2.75) is 44.1 Å². The van der Waals surface area contributed by atoms with Crippen molar-refractivity contribution >= 4 is 18.9 Å².